The van der Waals surface area contributed by atoms with Crippen molar-refractivity contribution in [2.75, 3.05) is 0 Å². The maximum Gasteiger partial charge on any atom is 0.138 e. The van der Waals surface area contributed by atoms with Crippen LogP contribution < -0.4 is 0 Å². The molecule has 0 saturated heterocycles. The lowest BCUT2D eigenvalue weighted by Gasteiger charge is -2.15. The van der Waals surface area contributed by atoms with E-state index in [9.17, 15) is 0 Å². The minimum Gasteiger partial charge on any atom is -0.456 e. The zero-order valence-electron chi connectivity index (χ0n) is 37.1. The standard InChI is InChI=1S/C65H42N2O/c1-3-15-43(16-4-1)45-27-29-47(30-28-45)51-41-60(48-33-31-46(32-34-48)44-17-5-2-6-18-44)66-65(42-51)67-61-25-13-11-23-56(61)58-39-49(35-37-62(58)67)52-19-7-9-21-54(52)55-22-10-8-20-53(55)50-36-38-64-59(40-50)57-24-12-14-26-63(57)68-64/h1-42H. The highest BCUT2D eigenvalue weighted by Crippen LogP contribution is 2.43. The average Bonchev–Trinajstić information content (AvgIpc) is 3.96. The molecule has 3 aromatic heterocycles. The van der Waals surface area contributed by atoms with E-state index in [1.165, 1.54) is 55.3 Å². The van der Waals surface area contributed by atoms with Gasteiger partial charge in [-0.25, -0.2) is 4.98 Å². The van der Waals surface area contributed by atoms with Crippen LogP contribution in [0.2, 0.25) is 0 Å². The molecule has 10 aromatic carbocycles. The van der Waals surface area contributed by atoms with Crippen molar-refractivity contribution in [2.24, 2.45) is 0 Å². The second-order valence-corrected chi connectivity index (χ2v) is 17.5. The molecule has 0 aliphatic heterocycles. The summed E-state index contributed by atoms with van der Waals surface area (Å²) in [7, 11) is 0. The Kier molecular flexibility index (Phi) is 9.50. The zero-order valence-corrected chi connectivity index (χ0v) is 37.1. The lowest BCUT2D eigenvalue weighted by Crippen LogP contribution is -2.00. The van der Waals surface area contributed by atoms with E-state index in [0.29, 0.717) is 0 Å². The van der Waals surface area contributed by atoms with Crippen LogP contribution in [0.25, 0.3) is 128 Å². The molecule has 0 amide bonds. The Morgan fingerprint density at radius 2 is 0.706 bits per heavy atom. The fourth-order valence-corrected chi connectivity index (χ4v) is 10.1. The third-order valence-corrected chi connectivity index (χ3v) is 13.5. The van der Waals surface area contributed by atoms with Crippen molar-refractivity contribution in [2.45, 2.75) is 0 Å². The number of furan rings is 1. The van der Waals surface area contributed by atoms with E-state index >= 15 is 0 Å². The highest BCUT2D eigenvalue weighted by molar-refractivity contribution is 6.11. The van der Waals surface area contributed by atoms with Crippen LogP contribution in [0.15, 0.2) is 259 Å². The summed E-state index contributed by atoms with van der Waals surface area (Å²) in [4.78, 5) is 5.50. The Labute approximate surface area is 394 Å². The molecule has 0 aliphatic rings. The number of hydrogen-bond acceptors (Lipinski definition) is 2. The van der Waals surface area contributed by atoms with Gasteiger partial charge in [0.1, 0.15) is 17.0 Å². The minimum atomic E-state index is 0.868. The van der Waals surface area contributed by atoms with Crippen LogP contribution in [0.4, 0.5) is 0 Å². The summed E-state index contributed by atoms with van der Waals surface area (Å²) in [5.74, 6) is 0.868. The lowest BCUT2D eigenvalue weighted by atomic mass is 9.89. The smallest absolute Gasteiger partial charge is 0.138 e. The second kappa shape index (κ2) is 16.4. The normalized spacial score (nSPS) is 11.5. The van der Waals surface area contributed by atoms with E-state index < -0.39 is 0 Å². The van der Waals surface area contributed by atoms with Gasteiger partial charge in [-0.15, -0.1) is 0 Å². The van der Waals surface area contributed by atoms with Crippen molar-refractivity contribution >= 4 is 43.7 Å². The van der Waals surface area contributed by atoms with Crippen LogP contribution in [-0.2, 0) is 0 Å². The van der Waals surface area contributed by atoms with Gasteiger partial charge in [0.2, 0.25) is 0 Å². The van der Waals surface area contributed by atoms with Crippen molar-refractivity contribution in [3.8, 4) is 83.8 Å². The Morgan fingerprint density at radius 1 is 0.265 bits per heavy atom. The Hall–Kier alpha value is -9.05. The van der Waals surface area contributed by atoms with Gasteiger partial charge < -0.3 is 4.42 Å². The molecule has 0 spiro atoms. The van der Waals surface area contributed by atoms with Gasteiger partial charge in [-0.05, 0) is 115 Å². The first-order valence-corrected chi connectivity index (χ1v) is 23.2. The molecule has 0 aliphatic carbocycles. The Balaban J connectivity index is 0.947. The quantitative estimate of drug-likeness (QED) is 0.152. The van der Waals surface area contributed by atoms with Gasteiger partial charge in [-0.3, -0.25) is 4.57 Å². The number of pyridine rings is 1. The summed E-state index contributed by atoms with van der Waals surface area (Å²) in [6.07, 6.45) is 0. The molecular formula is C65H42N2O. The van der Waals surface area contributed by atoms with Gasteiger partial charge in [-0.2, -0.15) is 0 Å². The predicted octanol–water partition coefficient (Wildman–Crippen LogP) is 17.7. The van der Waals surface area contributed by atoms with Gasteiger partial charge in [0, 0.05) is 27.1 Å². The molecule has 0 bridgehead atoms. The van der Waals surface area contributed by atoms with Gasteiger partial charge >= 0.3 is 0 Å². The van der Waals surface area contributed by atoms with Crippen molar-refractivity contribution in [3.63, 3.8) is 0 Å². The first-order valence-electron chi connectivity index (χ1n) is 23.2. The van der Waals surface area contributed by atoms with Crippen LogP contribution in [0.5, 0.6) is 0 Å². The third kappa shape index (κ3) is 6.88. The van der Waals surface area contributed by atoms with E-state index in [4.69, 9.17) is 9.40 Å². The molecule has 318 valence electrons. The van der Waals surface area contributed by atoms with E-state index in [1.807, 2.05) is 12.1 Å². The largest absolute Gasteiger partial charge is 0.456 e. The predicted molar refractivity (Wildman–Crippen MR) is 284 cm³/mol. The summed E-state index contributed by atoms with van der Waals surface area (Å²) in [5, 5.41) is 4.60. The molecule has 0 radical (unpaired) electrons. The molecule has 0 N–H and O–H groups in total. The zero-order chi connectivity index (χ0) is 45.0. The number of aromatic nitrogens is 2. The maximum atomic E-state index is 6.21. The summed E-state index contributed by atoms with van der Waals surface area (Å²) in [6.45, 7) is 0. The number of benzene rings is 10. The second-order valence-electron chi connectivity index (χ2n) is 17.5. The summed E-state index contributed by atoms with van der Waals surface area (Å²) in [5.41, 5.74) is 20.0. The van der Waals surface area contributed by atoms with Crippen LogP contribution in [0.1, 0.15) is 0 Å². The first kappa shape index (κ1) is 39.3. The number of fused-ring (bicyclic) bond motifs is 6. The number of nitrogens with zero attached hydrogens (tertiary/aromatic N) is 2. The monoisotopic (exact) mass is 866 g/mol. The molecule has 68 heavy (non-hydrogen) atoms. The molecule has 3 heteroatoms. The van der Waals surface area contributed by atoms with Gasteiger partial charge in [0.05, 0.1) is 16.7 Å². The van der Waals surface area contributed by atoms with Crippen molar-refractivity contribution in [1.29, 1.82) is 0 Å². The Bertz CT molecular complexity index is 3890. The van der Waals surface area contributed by atoms with Gasteiger partial charge in [0.25, 0.3) is 0 Å². The summed E-state index contributed by atoms with van der Waals surface area (Å²) < 4.78 is 8.56. The number of para-hydroxylation sites is 2. The molecule has 0 fully saturated rings. The molecular weight excluding hydrogens is 825 g/mol. The van der Waals surface area contributed by atoms with E-state index in [0.717, 1.165) is 72.3 Å². The highest BCUT2D eigenvalue weighted by Gasteiger charge is 2.19. The number of rotatable bonds is 8. The molecule has 3 nitrogen and oxygen atoms in total. The van der Waals surface area contributed by atoms with Crippen molar-refractivity contribution in [1.82, 2.24) is 9.55 Å². The SMILES string of the molecule is c1ccc(-c2ccc(-c3cc(-c4ccc(-c5ccccc5)cc4)nc(-n4c5ccccc5c5cc(-c6ccccc6-c6ccccc6-c6ccc7oc8ccccc8c7c6)ccc54)c3)cc2)cc1. The molecule has 0 unspecified atom stereocenters. The summed E-state index contributed by atoms with van der Waals surface area (Å²) >= 11 is 0. The molecule has 0 saturated carbocycles. The fraction of sp³-hybridized carbons (Fsp3) is 0. The van der Waals surface area contributed by atoms with E-state index in [-0.39, 0.29) is 0 Å². The lowest BCUT2D eigenvalue weighted by molar-refractivity contribution is 0.669. The van der Waals surface area contributed by atoms with Crippen molar-refractivity contribution < 1.29 is 4.42 Å². The minimum absolute atomic E-state index is 0.868. The molecule has 13 rings (SSSR count). The first-order chi connectivity index (χ1) is 33.7. The van der Waals surface area contributed by atoms with E-state index in [1.54, 1.807) is 0 Å². The topological polar surface area (TPSA) is 31.0 Å². The van der Waals surface area contributed by atoms with Crippen LogP contribution >= 0.6 is 0 Å². The van der Waals surface area contributed by atoms with E-state index in [2.05, 4.69) is 247 Å². The fourth-order valence-electron chi connectivity index (χ4n) is 10.1. The van der Waals surface area contributed by atoms with Gasteiger partial charge in [0.15, 0.2) is 0 Å². The van der Waals surface area contributed by atoms with Gasteiger partial charge in [-0.1, -0.05) is 206 Å². The Morgan fingerprint density at radius 3 is 1.35 bits per heavy atom. The molecule has 3 heterocycles. The van der Waals surface area contributed by atoms with Crippen LogP contribution in [0, 0.1) is 0 Å². The maximum absolute atomic E-state index is 6.21. The molecule has 0 atom stereocenters. The van der Waals surface area contributed by atoms with Crippen LogP contribution in [-0.4, -0.2) is 9.55 Å². The summed E-state index contributed by atoms with van der Waals surface area (Å²) in [6, 6.07) is 91.3. The highest BCUT2D eigenvalue weighted by atomic mass is 16.3. The number of hydrogen-bond donors (Lipinski definition) is 0. The average molecular weight is 867 g/mol. The molecule has 13 aromatic rings. The third-order valence-electron chi connectivity index (χ3n) is 13.5. The van der Waals surface area contributed by atoms with Crippen LogP contribution in [0.3, 0.4) is 0 Å². The van der Waals surface area contributed by atoms with Crippen molar-refractivity contribution in [3.05, 3.63) is 255 Å².